The Morgan fingerprint density at radius 2 is 2.18 bits per heavy atom. The standard InChI is InChI=1S/C13H17N3O/c1-3-7-16(8-4-2)13(17)11-6-5-10(14)9-12(11)15/h1,5-6,9H,4,7-8,14-15H2,2H3. The minimum atomic E-state index is -0.151. The molecule has 0 heterocycles. The predicted molar refractivity (Wildman–Crippen MR) is 70.3 cm³/mol. The summed E-state index contributed by atoms with van der Waals surface area (Å²) in [6, 6.07) is 4.86. The molecule has 0 aliphatic carbocycles. The lowest BCUT2D eigenvalue weighted by Crippen LogP contribution is -2.32. The number of benzene rings is 1. The number of hydrogen-bond acceptors (Lipinski definition) is 3. The van der Waals surface area contributed by atoms with E-state index in [0.29, 0.717) is 23.5 Å². The number of nitrogen functional groups attached to an aromatic ring is 2. The highest BCUT2D eigenvalue weighted by Crippen LogP contribution is 2.17. The van der Waals surface area contributed by atoms with Crippen LogP contribution in [0.4, 0.5) is 11.4 Å². The molecular formula is C13H17N3O. The molecule has 0 atom stereocenters. The van der Waals surface area contributed by atoms with Crippen molar-refractivity contribution in [1.29, 1.82) is 0 Å². The van der Waals surface area contributed by atoms with Crippen LogP contribution in [0, 0.1) is 12.3 Å². The molecule has 0 radical (unpaired) electrons. The SMILES string of the molecule is C#CCN(CCC)C(=O)c1ccc(N)cc1N. The highest BCUT2D eigenvalue weighted by molar-refractivity contribution is 5.99. The second kappa shape index (κ2) is 5.80. The maximum absolute atomic E-state index is 12.2. The topological polar surface area (TPSA) is 72.3 Å². The summed E-state index contributed by atoms with van der Waals surface area (Å²) < 4.78 is 0. The number of nitrogens with zero attached hydrogens (tertiary/aromatic N) is 1. The van der Waals surface area contributed by atoms with E-state index < -0.39 is 0 Å². The van der Waals surface area contributed by atoms with Crippen molar-refractivity contribution < 1.29 is 4.79 Å². The van der Waals surface area contributed by atoms with E-state index in [1.165, 1.54) is 0 Å². The molecule has 4 nitrogen and oxygen atoms in total. The fourth-order valence-electron chi connectivity index (χ4n) is 1.58. The lowest BCUT2D eigenvalue weighted by atomic mass is 10.1. The van der Waals surface area contributed by atoms with Gasteiger partial charge in [-0.25, -0.2) is 0 Å². The van der Waals surface area contributed by atoms with Crippen LogP contribution in [0.15, 0.2) is 18.2 Å². The van der Waals surface area contributed by atoms with Gasteiger partial charge in [0.15, 0.2) is 0 Å². The minimum Gasteiger partial charge on any atom is -0.399 e. The normalized spacial score (nSPS) is 9.65. The molecule has 0 aliphatic heterocycles. The Labute approximate surface area is 102 Å². The summed E-state index contributed by atoms with van der Waals surface area (Å²) in [5.74, 6) is 2.32. The molecule has 0 saturated heterocycles. The molecule has 0 aliphatic rings. The molecule has 1 amide bonds. The highest BCUT2D eigenvalue weighted by atomic mass is 16.2. The third-order valence-corrected chi connectivity index (χ3v) is 2.37. The molecule has 1 aromatic carbocycles. The fraction of sp³-hybridized carbons (Fsp3) is 0.308. The van der Waals surface area contributed by atoms with Crippen LogP contribution >= 0.6 is 0 Å². The zero-order valence-corrected chi connectivity index (χ0v) is 9.94. The average molecular weight is 231 g/mol. The van der Waals surface area contributed by atoms with E-state index in [0.717, 1.165) is 6.42 Å². The quantitative estimate of drug-likeness (QED) is 0.606. The fourth-order valence-corrected chi connectivity index (χ4v) is 1.58. The Kier molecular flexibility index (Phi) is 4.41. The van der Waals surface area contributed by atoms with E-state index in [4.69, 9.17) is 17.9 Å². The number of rotatable bonds is 4. The first kappa shape index (κ1) is 12.9. The Hall–Kier alpha value is -2.15. The molecule has 0 spiro atoms. The van der Waals surface area contributed by atoms with Crippen molar-refractivity contribution in [3.63, 3.8) is 0 Å². The van der Waals surface area contributed by atoms with Crippen molar-refractivity contribution in [2.24, 2.45) is 0 Å². The third-order valence-electron chi connectivity index (χ3n) is 2.37. The second-order valence-corrected chi connectivity index (χ2v) is 3.78. The van der Waals surface area contributed by atoms with Crippen LogP contribution in [-0.4, -0.2) is 23.9 Å². The van der Waals surface area contributed by atoms with E-state index in [2.05, 4.69) is 5.92 Å². The van der Waals surface area contributed by atoms with Crippen molar-refractivity contribution in [1.82, 2.24) is 4.90 Å². The molecule has 0 bridgehead atoms. The maximum Gasteiger partial charge on any atom is 0.256 e. The summed E-state index contributed by atoms with van der Waals surface area (Å²) in [5, 5.41) is 0. The van der Waals surface area contributed by atoms with Crippen molar-refractivity contribution in [2.75, 3.05) is 24.6 Å². The third kappa shape index (κ3) is 3.15. The van der Waals surface area contributed by atoms with E-state index >= 15 is 0 Å². The Morgan fingerprint density at radius 1 is 1.47 bits per heavy atom. The van der Waals surface area contributed by atoms with Crippen molar-refractivity contribution in [3.8, 4) is 12.3 Å². The molecule has 1 aromatic rings. The van der Waals surface area contributed by atoms with Gasteiger partial charge in [0.2, 0.25) is 0 Å². The number of amides is 1. The van der Waals surface area contributed by atoms with Gasteiger partial charge in [0, 0.05) is 17.9 Å². The summed E-state index contributed by atoms with van der Waals surface area (Å²) in [6.07, 6.45) is 6.09. The number of hydrogen-bond donors (Lipinski definition) is 2. The lowest BCUT2D eigenvalue weighted by Gasteiger charge is -2.20. The summed E-state index contributed by atoms with van der Waals surface area (Å²) in [7, 11) is 0. The first-order chi connectivity index (χ1) is 8.10. The van der Waals surface area contributed by atoms with Gasteiger partial charge in [-0.05, 0) is 24.6 Å². The predicted octanol–water partition coefficient (Wildman–Crippen LogP) is 1.34. The van der Waals surface area contributed by atoms with Gasteiger partial charge in [0.1, 0.15) is 0 Å². The molecule has 0 fully saturated rings. The van der Waals surface area contributed by atoms with Crippen molar-refractivity contribution >= 4 is 17.3 Å². The number of carbonyl (C=O) groups is 1. The van der Waals surface area contributed by atoms with Gasteiger partial charge in [-0.2, -0.15) is 0 Å². The Bertz CT molecular complexity index is 448. The molecule has 1 rings (SSSR count). The smallest absolute Gasteiger partial charge is 0.256 e. The molecular weight excluding hydrogens is 214 g/mol. The summed E-state index contributed by atoms with van der Waals surface area (Å²) in [4.78, 5) is 13.8. The van der Waals surface area contributed by atoms with Gasteiger partial charge in [-0.3, -0.25) is 4.79 Å². The second-order valence-electron chi connectivity index (χ2n) is 3.78. The van der Waals surface area contributed by atoms with Gasteiger partial charge in [-0.1, -0.05) is 12.8 Å². The average Bonchev–Trinajstić information content (AvgIpc) is 2.28. The molecule has 0 saturated carbocycles. The zero-order valence-electron chi connectivity index (χ0n) is 9.94. The van der Waals surface area contributed by atoms with Gasteiger partial charge in [0.25, 0.3) is 5.91 Å². The monoisotopic (exact) mass is 231 g/mol. The Morgan fingerprint density at radius 3 is 2.71 bits per heavy atom. The number of carbonyl (C=O) groups excluding carboxylic acids is 1. The summed E-state index contributed by atoms with van der Waals surface area (Å²) >= 11 is 0. The lowest BCUT2D eigenvalue weighted by molar-refractivity contribution is 0.0778. The summed E-state index contributed by atoms with van der Waals surface area (Å²) in [6.45, 7) is 2.90. The number of terminal acetylenes is 1. The molecule has 90 valence electrons. The van der Waals surface area contributed by atoms with Crippen LogP contribution in [0.25, 0.3) is 0 Å². The van der Waals surface area contributed by atoms with Crippen molar-refractivity contribution in [2.45, 2.75) is 13.3 Å². The first-order valence-electron chi connectivity index (χ1n) is 5.47. The van der Waals surface area contributed by atoms with E-state index in [9.17, 15) is 4.79 Å². The van der Waals surface area contributed by atoms with Gasteiger partial charge >= 0.3 is 0 Å². The van der Waals surface area contributed by atoms with Gasteiger partial charge in [-0.15, -0.1) is 6.42 Å². The molecule has 0 unspecified atom stereocenters. The van der Waals surface area contributed by atoms with E-state index in [1.807, 2.05) is 6.92 Å². The molecule has 0 aromatic heterocycles. The minimum absolute atomic E-state index is 0.151. The van der Waals surface area contributed by atoms with Crippen LogP contribution < -0.4 is 11.5 Å². The van der Waals surface area contributed by atoms with E-state index in [1.54, 1.807) is 23.1 Å². The largest absolute Gasteiger partial charge is 0.399 e. The maximum atomic E-state index is 12.2. The van der Waals surface area contributed by atoms with Gasteiger partial charge < -0.3 is 16.4 Å². The molecule has 17 heavy (non-hydrogen) atoms. The molecule has 4 N–H and O–H groups in total. The summed E-state index contributed by atoms with van der Waals surface area (Å²) in [5.41, 5.74) is 12.7. The van der Waals surface area contributed by atoms with Crippen LogP contribution in [0.2, 0.25) is 0 Å². The number of anilines is 2. The Balaban J connectivity index is 2.97. The van der Waals surface area contributed by atoms with Gasteiger partial charge in [0.05, 0.1) is 12.1 Å². The number of nitrogens with two attached hydrogens (primary N) is 2. The van der Waals surface area contributed by atoms with Crippen LogP contribution in [-0.2, 0) is 0 Å². The van der Waals surface area contributed by atoms with Crippen LogP contribution in [0.1, 0.15) is 23.7 Å². The van der Waals surface area contributed by atoms with Crippen molar-refractivity contribution in [3.05, 3.63) is 23.8 Å². The highest BCUT2D eigenvalue weighted by Gasteiger charge is 2.16. The van der Waals surface area contributed by atoms with Crippen LogP contribution in [0.5, 0.6) is 0 Å². The molecule has 4 heteroatoms. The first-order valence-corrected chi connectivity index (χ1v) is 5.47. The van der Waals surface area contributed by atoms with Crippen LogP contribution in [0.3, 0.4) is 0 Å². The van der Waals surface area contributed by atoms with E-state index in [-0.39, 0.29) is 12.5 Å². The zero-order chi connectivity index (χ0) is 12.8.